The lowest BCUT2D eigenvalue weighted by Crippen LogP contribution is -2.42. The van der Waals surface area contributed by atoms with Crippen molar-refractivity contribution in [3.05, 3.63) is 0 Å². The summed E-state index contributed by atoms with van der Waals surface area (Å²) < 4.78 is 0. The maximum absolute atomic E-state index is 11.7. The lowest BCUT2D eigenvalue weighted by atomic mass is 9.77. The highest BCUT2D eigenvalue weighted by Crippen LogP contribution is 2.32. The minimum atomic E-state index is -0.318. The Balaban J connectivity index is 0.00000324. The molecule has 0 aromatic rings. The Bertz CT molecular complexity index is 251. The van der Waals surface area contributed by atoms with Gasteiger partial charge in [-0.3, -0.25) is 4.79 Å². The predicted octanol–water partition coefficient (Wildman–Crippen LogP) is 3.11. The van der Waals surface area contributed by atoms with Crippen molar-refractivity contribution in [2.75, 3.05) is 6.54 Å². The van der Waals surface area contributed by atoms with Crippen molar-refractivity contribution in [1.29, 1.82) is 0 Å². The molecule has 0 saturated heterocycles. The lowest BCUT2D eigenvalue weighted by Gasteiger charge is -2.31. The van der Waals surface area contributed by atoms with Crippen molar-refractivity contribution in [3.8, 4) is 0 Å². The summed E-state index contributed by atoms with van der Waals surface area (Å²) in [5.41, 5.74) is 5.79. The van der Waals surface area contributed by atoms with E-state index in [4.69, 9.17) is 5.73 Å². The number of hydrogen-bond acceptors (Lipinski definition) is 2. The van der Waals surface area contributed by atoms with Gasteiger partial charge in [0, 0.05) is 6.54 Å². The smallest absolute Gasteiger partial charge is 0.236 e. The van der Waals surface area contributed by atoms with E-state index in [2.05, 4.69) is 26.1 Å². The Hall–Kier alpha value is -0.280. The van der Waals surface area contributed by atoms with Crippen LogP contribution in [0.3, 0.4) is 0 Å². The lowest BCUT2D eigenvalue weighted by molar-refractivity contribution is -0.122. The number of carbonyl (C=O) groups excluding carboxylic acids is 1. The molecule has 0 aliphatic heterocycles. The quantitative estimate of drug-likeness (QED) is 0.790. The normalized spacial score (nSPS) is 24.7. The Labute approximate surface area is 124 Å². The summed E-state index contributed by atoms with van der Waals surface area (Å²) in [6, 6.07) is -0.318. The van der Waals surface area contributed by atoms with E-state index in [-0.39, 0.29) is 24.4 Å². The summed E-state index contributed by atoms with van der Waals surface area (Å²) in [4.78, 5) is 11.7. The number of rotatable bonds is 6. The molecular formula is C15H31ClN2O. The molecule has 3 nitrogen and oxygen atoms in total. The van der Waals surface area contributed by atoms with Crippen LogP contribution in [-0.2, 0) is 4.79 Å². The van der Waals surface area contributed by atoms with Crippen LogP contribution in [0.5, 0.6) is 0 Å². The van der Waals surface area contributed by atoms with E-state index in [0.717, 1.165) is 31.2 Å². The van der Waals surface area contributed by atoms with Gasteiger partial charge in [0.2, 0.25) is 5.91 Å². The van der Waals surface area contributed by atoms with Gasteiger partial charge in [-0.15, -0.1) is 12.4 Å². The molecule has 1 fully saturated rings. The summed E-state index contributed by atoms with van der Waals surface area (Å²) in [6.07, 6.45) is 6.90. The van der Waals surface area contributed by atoms with E-state index in [1.807, 2.05) is 0 Å². The molecule has 0 aromatic heterocycles. The van der Waals surface area contributed by atoms with Gasteiger partial charge in [-0.25, -0.2) is 0 Å². The summed E-state index contributed by atoms with van der Waals surface area (Å²) in [6.45, 7) is 7.51. The van der Waals surface area contributed by atoms with Gasteiger partial charge in [-0.2, -0.15) is 0 Å². The van der Waals surface area contributed by atoms with Crippen LogP contribution in [0.1, 0.15) is 59.3 Å². The molecule has 0 spiro atoms. The third kappa shape index (κ3) is 6.62. The summed E-state index contributed by atoms with van der Waals surface area (Å²) >= 11 is 0. The van der Waals surface area contributed by atoms with Crippen LogP contribution in [0.4, 0.5) is 0 Å². The van der Waals surface area contributed by atoms with Gasteiger partial charge in [-0.05, 0) is 49.9 Å². The zero-order valence-corrected chi connectivity index (χ0v) is 13.5. The first-order valence-electron chi connectivity index (χ1n) is 7.57. The fourth-order valence-electron chi connectivity index (χ4n) is 2.88. The van der Waals surface area contributed by atoms with Crippen LogP contribution >= 0.6 is 12.4 Å². The second kappa shape index (κ2) is 9.60. The number of amides is 1. The van der Waals surface area contributed by atoms with Crippen LogP contribution in [0, 0.1) is 17.8 Å². The number of nitrogens with one attached hydrogen (secondary N) is 1. The first-order chi connectivity index (χ1) is 8.54. The molecule has 1 amide bonds. The van der Waals surface area contributed by atoms with Gasteiger partial charge in [0.15, 0.2) is 0 Å². The van der Waals surface area contributed by atoms with Crippen LogP contribution < -0.4 is 11.1 Å². The third-order valence-electron chi connectivity index (χ3n) is 4.34. The highest BCUT2D eigenvalue weighted by Gasteiger charge is 2.23. The van der Waals surface area contributed by atoms with E-state index < -0.39 is 0 Å². The minimum absolute atomic E-state index is 0. The van der Waals surface area contributed by atoms with Gasteiger partial charge in [0.1, 0.15) is 0 Å². The third-order valence-corrected chi connectivity index (χ3v) is 4.34. The van der Waals surface area contributed by atoms with Crippen molar-refractivity contribution < 1.29 is 4.79 Å². The Morgan fingerprint density at radius 3 is 2.32 bits per heavy atom. The molecule has 4 heteroatoms. The zero-order chi connectivity index (χ0) is 13.5. The average molecular weight is 291 g/mol. The average Bonchev–Trinajstić information content (AvgIpc) is 2.36. The summed E-state index contributed by atoms with van der Waals surface area (Å²) in [5, 5.41) is 3.02. The van der Waals surface area contributed by atoms with Crippen LogP contribution in [-0.4, -0.2) is 18.5 Å². The predicted molar refractivity (Wildman–Crippen MR) is 83.4 cm³/mol. The first kappa shape index (κ1) is 18.7. The second-order valence-corrected chi connectivity index (χ2v) is 6.17. The molecule has 0 radical (unpaired) electrons. The molecule has 0 bridgehead atoms. The molecule has 1 saturated carbocycles. The van der Waals surface area contributed by atoms with Gasteiger partial charge < -0.3 is 11.1 Å². The topological polar surface area (TPSA) is 55.1 Å². The number of hydrogen-bond donors (Lipinski definition) is 2. The van der Waals surface area contributed by atoms with E-state index in [9.17, 15) is 4.79 Å². The minimum Gasteiger partial charge on any atom is -0.354 e. The van der Waals surface area contributed by atoms with Crippen LogP contribution in [0.15, 0.2) is 0 Å². The van der Waals surface area contributed by atoms with Crippen molar-refractivity contribution in [2.45, 2.75) is 65.3 Å². The SMILES string of the molecule is CCCC(N)C(=O)NCC1CCC(C(C)C)CC1.Cl. The molecule has 1 rings (SSSR count). The summed E-state index contributed by atoms with van der Waals surface area (Å²) in [5.74, 6) is 2.39. The molecule has 1 aliphatic rings. The van der Waals surface area contributed by atoms with Crippen LogP contribution in [0.25, 0.3) is 0 Å². The molecule has 0 aromatic carbocycles. The number of halogens is 1. The largest absolute Gasteiger partial charge is 0.354 e. The second-order valence-electron chi connectivity index (χ2n) is 6.17. The molecule has 0 heterocycles. The van der Waals surface area contributed by atoms with Crippen molar-refractivity contribution in [3.63, 3.8) is 0 Å². The monoisotopic (exact) mass is 290 g/mol. The van der Waals surface area contributed by atoms with Gasteiger partial charge in [0.05, 0.1) is 6.04 Å². The molecule has 114 valence electrons. The van der Waals surface area contributed by atoms with E-state index in [1.165, 1.54) is 25.7 Å². The molecule has 1 unspecified atom stereocenters. The maximum Gasteiger partial charge on any atom is 0.236 e. The van der Waals surface area contributed by atoms with E-state index in [0.29, 0.717) is 5.92 Å². The van der Waals surface area contributed by atoms with Crippen molar-refractivity contribution in [1.82, 2.24) is 5.32 Å². The molecule has 1 atom stereocenters. The van der Waals surface area contributed by atoms with Gasteiger partial charge >= 0.3 is 0 Å². The number of nitrogens with two attached hydrogens (primary N) is 1. The fraction of sp³-hybridized carbons (Fsp3) is 0.933. The van der Waals surface area contributed by atoms with Gasteiger partial charge in [0.25, 0.3) is 0 Å². The highest BCUT2D eigenvalue weighted by molar-refractivity contribution is 5.85. The zero-order valence-electron chi connectivity index (χ0n) is 12.7. The van der Waals surface area contributed by atoms with Crippen molar-refractivity contribution >= 4 is 18.3 Å². The maximum atomic E-state index is 11.7. The van der Waals surface area contributed by atoms with Crippen LogP contribution in [0.2, 0.25) is 0 Å². The van der Waals surface area contributed by atoms with Gasteiger partial charge in [-0.1, -0.05) is 27.2 Å². The van der Waals surface area contributed by atoms with E-state index in [1.54, 1.807) is 0 Å². The fourth-order valence-corrected chi connectivity index (χ4v) is 2.88. The first-order valence-corrected chi connectivity index (χ1v) is 7.57. The standard InChI is InChI=1S/C15H30N2O.ClH/c1-4-5-14(16)15(18)17-10-12-6-8-13(9-7-12)11(2)3;/h11-14H,4-10,16H2,1-3H3,(H,17,18);1H. The Kier molecular flexibility index (Phi) is 9.46. The Morgan fingerprint density at radius 2 is 1.84 bits per heavy atom. The molecule has 1 aliphatic carbocycles. The van der Waals surface area contributed by atoms with Crippen molar-refractivity contribution in [2.24, 2.45) is 23.5 Å². The molecular weight excluding hydrogens is 260 g/mol. The highest BCUT2D eigenvalue weighted by atomic mass is 35.5. The molecule has 3 N–H and O–H groups in total. The summed E-state index contributed by atoms with van der Waals surface area (Å²) in [7, 11) is 0. The Morgan fingerprint density at radius 1 is 1.26 bits per heavy atom. The molecule has 19 heavy (non-hydrogen) atoms. The van der Waals surface area contributed by atoms with E-state index >= 15 is 0 Å². The number of carbonyl (C=O) groups is 1.